The molecule has 0 aliphatic carbocycles. The molecular weight excluding hydrogens is 462 g/mol. The van der Waals surface area contributed by atoms with Gasteiger partial charge in [0, 0.05) is 23.5 Å². The molecule has 1 heterocycles. The summed E-state index contributed by atoms with van der Waals surface area (Å²) in [5.41, 5.74) is 4.52. The predicted molar refractivity (Wildman–Crippen MR) is 140 cm³/mol. The van der Waals surface area contributed by atoms with Crippen LogP contribution in [0, 0.1) is 6.92 Å². The molecular formula is C28H26ClN3O3. The number of rotatable bonds is 7. The van der Waals surface area contributed by atoms with Gasteiger partial charge >= 0.3 is 0 Å². The fourth-order valence-electron chi connectivity index (χ4n) is 3.96. The zero-order chi connectivity index (χ0) is 25.1. The van der Waals surface area contributed by atoms with Crippen LogP contribution in [0.1, 0.15) is 35.3 Å². The summed E-state index contributed by atoms with van der Waals surface area (Å²) >= 11 is 6.24. The minimum absolute atomic E-state index is 0.00487. The minimum atomic E-state index is -0.577. The van der Waals surface area contributed by atoms with Crippen LogP contribution >= 0.6 is 11.6 Å². The van der Waals surface area contributed by atoms with Gasteiger partial charge in [0.25, 0.3) is 17.7 Å². The summed E-state index contributed by atoms with van der Waals surface area (Å²) in [4.78, 5) is 41.6. The van der Waals surface area contributed by atoms with Crippen LogP contribution in [-0.2, 0) is 16.0 Å². The van der Waals surface area contributed by atoms with Gasteiger partial charge in [0.2, 0.25) is 0 Å². The van der Waals surface area contributed by atoms with Gasteiger partial charge in [0.05, 0.1) is 5.69 Å². The fourth-order valence-corrected chi connectivity index (χ4v) is 4.17. The smallest absolute Gasteiger partial charge is 0.283 e. The van der Waals surface area contributed by atoms with E-state index in [1.54, 1.807) is 41.3 Å². The van der Waals surface area contributed by atoms with Gasteiger partial charge in [-0.15, -0.1) is 0 Å². The lowest BCUT2D eigenvalue weighted by molar-refractivity contribution is -0.120. The number of benzene rings is 3. The lowest BCUT2D eigenvalue weighted by atomic mass is 10.1. The molecule has 3 amide bonds. The average Bonchev–Trinajstić information content (AvgIpc) is 3.08. The third-order valence-electron chi connectivity index (χ3n) is 5.91. The monoisotopic (exact) mass is 487 g/mol. The first-order chi connectivity index (χ1) is 16.8. The summed E-state index contributed by atoms with van der Waals surface area (Å²) in [5.74, 6) is -1.23. The van der Waals surface area contributed by atoms with E-state index in [1.807, 2.05) is 57.2 Å². The van der Waals surface area contributed by atoms with Gasteiger partial charge in [-0.2, -0.15) is 0 Å². The van der Waals surface area contributed by atoms with Crippen LogP contribution in [0.3, 0.4) is 0 Å². The zero-order valence-electron chi connectivity index (χ0n) is 19.8. The van der Waals surface area contributed by atoms with Crippen LogP contribution in [0.5, 0.6) is 0 Å². The zero-order valence-corrected chi connectivity index (χ0v) is 20.6. The van der Waals surface area contributed by atoms with E-state index in [2.05, 4.69) is 5.32 Å². The van der Waals surface area contributed by atoms with E-state index in [0.29, 0.717) is 23.5 Å². The van der Waals surface area contributed by atoms with Crippen molar-refractivity contribution in [1.82, 2.24) is 0 Å². The number of imide groups is 1. The van der Waals surface area contributed by atoms with Crippen LogP contribution in [0.25, 0.3) is 0 Å². The van der Waals surface area contributed by atoms with E-state index in [9.17, 15) is 14.4 Å². The van der Waals surface area contributed by atoms with Gasteiger partial charge in [0.15, 0.2) is 0 Å². The largest absolute Gasteiger partial charge is 0.350 e. The highest BCUT2D eigenvalue weighted by atomic mass is 35.5. The van der Waals surface area contributed by atoms with Gasteiger partial charge in [-0.1, -0.05) is 42.8 Å². The Kier molecular flexibility index (Phi) is 7.03. The van der Waals surface area contributed by atoms with Crippen LogP contribution in [0.2, 0.25) is 0 Å². The Morgan fingerprint density at radius 1 is 0.943 bits per heavy atom. The van der Waals surface area contributed by atoms with E-state index in [-0.39, 0.29) is 16.6 Å². The fraction of sp³-hybridized carbons (Fsp3) is 0.179. The third-order valence-corrected chi connectivity index (χ3v) is 6.26. The predicted octanol–water partition coefficient (Wildman–Crippen LogP) is 5.66. The molecule has 0 bridgehead atoms. The summed E-state index contributed by atoms with van der Waals surface area (Å²) < 4.78 is 0. The second-order valence-electron chi connectivity index (χ2n) is 8.25. The molecule has 0 saturated heterocycles. The molecule has 3 aromatic rings. The van der Waals surface area contributed by atoms with Crippen molar-refractivity contribution in [3.63, 3.8) is 0 Å². The second-order valence-corrected chi connectivity index (χ2v) is 8.62. The molecule has 178 valence electrons. The molecule has 1 aliphatic heterocycles. The van der Waals surface area contributed by atoms with Gasteiger partial charge in [0.1, 0.15) is 10.7 Å². The van der Waals surface area contributed by atoms with E-state index in [1.165, 1.54) is 0 Å². The highest BCUT2D eigenvalue weighted by molar-refractivity contribution is 6.53. The SMILES string of the molecule is CCc1ccc(N2C(=O)C(Cl)=C(Nc3ccc(C(=O)N(CC)c4cccc(C)c4)cc3)C2=O)cc1. The summed E-state index contributed by atoms with van der Waals surface area (Å²) in [7, 11) is 0. The van der Waals surface area contributed by atoms with Crippen molar-refractivity contribution in [2.75, 3.05) is 21.7 Å². The molecule has 6 nitrogen and oxygen atoms in total. The van der Waals surface area contributed by atoms with Gasteiger partial charge in [-0.05, 0) is 79.9 Å². The Morgan fingerprint density at radius 3 is 2.23 bits per heavy atom. The van der Waals surface area contributed by atoms with Gasteiger partial charge in [-0.3, -0.25) is 14.4 Å². The normalized spacial score (nSPS) is 13.4. The van der Waals surface area contributed by atoms with Crippen molar-refractivity contribution in [3.8, 4) is 0 Å². The topological polar surface area (TPSA) is 69.7 Å². The maximum Gasteiger partial charge on any atom is 0.283 e. The van der Waals surface area contributed by atoms with Crippen molar-refractivity contribution in [1.29, 1.82) is 0 Å². The number of aryl methyl sites for hydroxylation is 2. The molecule has 0 atom stereocenters. The Bertz CT molecular complexity index is 1310. The number of hydrogen-bond donors (Lipinski definition) is 1. The van der Waals surface area contributed by atoms with Gasteiger partial charge < -0.3 is 10.2 Å². The van der Waals surface area contributed by atoms with Crippen molar-refractivity contribution < 1.29 is 14.4 Å². The van der Waals surface area contributed by atoms with Crippen molar-refractivity contribution in [3.05, 3.63) is 100 Å². The summed E-state index contributed by atoms with van der Waals surface area (Å²) in [6, 6.07) is 21.7. The number of carbonyl (C=O) groups is 3. The molecule has 1 aliphatic rings. The highest BCUT2D eigenvalue weighted by Gasteiger charge is 2.38. The van der Waals surface area contributed by atoms with Crippen LogP contribution in [0.4, 0.5) is 17.1 Å². The third kappa shape index (κ3) is 4.84. The molecule has 3 aromatic carbocycles. The quantitative estimate of drug-likeness (QED) is 0.436. The Morgan fingerprint density at radius 2 is 1.63 bits per heavy atom. The molecule has 7 heteroatoms. The molecule has 0 radical (unpaired) electrons. The number of amides is 3. The molecule has 0 fully saturated rings. The molecule has 1 N–H and O–H groups in total. The molecule has 4 rings (SSSR count). The first kappa shape index (κ1) is 24.2. The molecule has 35 heavy (non-hydrogen) atoms. The van der Waals surface area contributed by atoms with E-state index < -0.39 is 11.8 Å². The highest BCUT2D eigenvalue weighted by Crippen LogP contribution is 2.30. The van der Waals surface area contributed by atoms with E-state index in [0.717, 1.165) is 28.1 Å². The summed E-state index contributed by atoms with van der Waals surface area (Å²) in [6.45, 7) is 6.46. The van der Waals surface area contributed by atoms with Gasteiger partial charge in [-0.25, -0.2) is 4.90 Å². The van der Waals surface area contributed by atoms with Crippen LogP contribution < -0.4 is 15.1 Å². The molecule has 0 spiro atoms. The number of halogens is 1. The lowest BCUT2D eigenvalue weighted by Crippen LogP contribution is -2.32. The van der Waals surface area contributed by atoms with Crippen LogP contribution in [-0.4, -0.2) is 24.3 Å². The Labute approximate surface area is 209 Å². The number of anilines is 3. The minimum Gasteiger partial charge on any atom is -0.350 e. The van der Waals surface area contributed by atoms with Crippen molar-refractivity contribution >= 4 is 46.4 Å². The first-order valence-electron chi connectivity index (χ1n) is 11.5. The Hall–Kier alpha value is -3.90. The number of nitrogens with zero attached hydrogens (tertiary/aromatic N) is 2. The Balaban J connectivity index is 1.51. The number of hydrogen-bond acceptors (Lipinski definition) is 4. The molecule has 0 aromatic heterocycles. The van der Waals surface area contributed by atoms with Crippen molar-refractivity contribution in [2.24, 2.45) is 0 Å². The average molecular weight is 488 g/mol. The number of nitrogens with one attached hydrogen (secondary N) is 1. The lowest BCUT2D eigenvalue weighted by Gasteiger charge is -2.21. The number of carbonyl (C=O) groups excluding carboxylic acids is 3. The van der Waals surface area contributed by atoms with Crippen molar-refractivity contribution in [2.45, 2.75) is 27.2 Å². The van der Waals surface area contributed by atoms with E-state index >= 15 is 0 Å². The first-order valence-corrected chi connectivity index (χ1v) is 11.8. The summed E-state index contributed by atoms with van der Waals surface area (Å²) in [6.07, 6.45) is 0.855. The van der Waals surface area contributed by atoms with E-state index in [4.69, 9.17) is 11.6 Å². The van der Waals surface area contributed by atoms with Crippen LogP contribution in [0.15, 0.2) is 83.5 Å². The maximum absolute atomic E-state index is 13.1. The molecule has 0 unspecified atom stereocenters. The maximum atomic E-state index is 13.1. The standard InChI is InChI=1S/C28H26ClN3O3/c1-4-19-9-15-22(16-10-19)32-27(34)24(29)25(28(32)35)30-21-13-11-20(12-14-21)26(33)31(5-2)23-8-6-7-18(3)17-23/h6-17,30H,4-5H2,1-3H3. The molecule has 0 saturated carbocycles. The second kappa shape index (κ2) is 10.2. The summed E-state index contributed by atoms with van der Waals surface area (Å²) in [5, 5.41) is 2.78.